The Kier molecular flexibility index (Phi) is 15.3. The van der Waals surface area contributed by atoms with Gasteiger partial charge in [-0.05, 0) is 0 Å². The predicted molar refractivity (Wildman–Crippen MR) is 4.44 cm³/mol. The average Bonchev–Trinajstić information content (AvgIpc) is 0.722. The molecule has 0 aliphatic rings. The van der Waals surface area contributed by atoms with Crippen LogP contribution in [0.4, 0.5) is 0 Å². The summed E-state index contributed by atoms with van der Waals surface area (Å²) in [6, 6.07) is 0. The Morgan fingerprint density at radius 1 is 1.29 bits per heavy atom. The van der Waals surface area contributed by atoms with Crippen LogP contribution in [0.2, 0.25) is 0 Å². The van der Waals surface area contributed by atoms with Crippen LogP contribution < -0.4 is 65.4 Å². The van der Waals surface area contributed by atoms with Crippen LogP contribution in [0.15, 0.2) is 0 Å². The first kappa shape index (κ1) is 16.2. The van der Waals surface area contributed by atoms with Gasteiger partial charge >= 0.3 is 73.1 Å². The summed E-state index contributed by atoms with van der Waals surface area (Å²) >= 11 is 0. The standard InChI is InChI=1S/ClHO4.K.Ti.2H/c2-1(3,4)5;;;;/h(H,2,3,4,5);;;;/q;+1;+4;2*-1. The summed E-state index contributed by atoms with van der Waals surface area (Å²) < 4.78 is 32.7. The van der Waals surface area contributed by atoms with Crippen molar-refractivity contribution in [3.8, 4) is 0 Å². The first-order chi connectivity index (χ1) is 2.00. The van der Waals surface area contributed by atoms with E-state index in [1.165, 1.54) is 0 Å². The molecule has 0 atom stereocenters. The monoisotopic (exact) mass is 189 g/mol. The van der Waals surface area contributed by atoms with E-state index in [2.05, 4.69) is 0 Å². The summed E-state index contributed by atoms with van der Waals surface area (Å²) in [7, 11) is -4.69. The zero-order valence-corrected chi connectivity index (χ0v) is 8.99. The molecule has 36 valence electrons. The molecule has 0 spiro atoms. The van der Waals surface area contributed by atoms with E-state index in [0.29, 0.717) is 0 Å². The average molecular weight is 189 g/mol. The van der Waals surface area contributed by atoms with Crippen molar-refractivity contribution in [2.24, 2.45) is 0 Å². The fraction of sp³-hybridized carbons (Fsp3) is 0. The van der Waals surface area contributed by atoms with Crippen LogP contribution in [0.3, 0.4) is 0 Å². The van der Waals surface area contributed by atoms with Crippen LogP contribution in [0.25, 0.3) is 0 Å². The maximum Gasteiger partial charge on any atom is 4.00 e. The zero-order valence-electron chi connectivity index (χ0n) is 5.55. The molecule has 7 heteroatoms. The molecule has 7 heavy (non-hydrogen) atoms. The van der Waals surface area contributed by atoms with Gasteiger partial charge < -0.3 is 2.85 Å². The van der Waals surface area contributed by atoms with Gasteiger partial charge in [-0.15, -0.1) is 0 Å². The third-order valence-corrected chi connectivity index (χ3v) is 0. The molecular weight excluding hydrogens is 186 g/mol. The van der Waals surface area contributed by atoms with Gasteiger partial charge in [-0.2, -0.15) is 14.0 Å². The van der Waals surface area contributed by atoms with Crippen LogP contribution in [0, 0.1) is 10.2 Å². The molecule has 0 amide bonds. The normalized spacial score (nSPS) is 8.57. The molecule has 0 fully saturated rings. The van der Waals surface area contributed by atoms with Crippen molar-refractivity contribution in [3.05, 3.63) is 0 Å². The van der Waals surface area contributed by atoms with E-state index in [1.807, 2.05) is 0 Å². The summed E-state index contributed by atoms with van der Waals surface area (Å²) in [5, 5.41) is 0. The Balaban J connectivity index is -0.0000000133. The molecular formula is H3ClKO4Ti+3. The van der Waals surface area contributed by atoms with Crippen molar-refractivity contribution in [3.63, 3.8) is 0 Å². The minimum absolute atomic E-state index is 0. The topological polar surface area (TPSA) is 89.4 Å². The molecule has 0 rings (SSSR count). The molecule has 0 aromatic rings. The maximum atomic E-state index is 8.60. The number of halogens is 1. The minimum Gasteiger partial charge on any atom is -1.00 e. The predicted octanol–water partition coefficient (Wildman–Crippen LogP) is -6.90. The Morgan fingerprint density at radius 2 is 1.29 bits per heavy atom. The van der Waals surface area contributed by atoms with Crippen LogP contribution in [-0.4, -0.2) is 4.66 Å². The minimum atomic E-state index is -4.69. The maximum absolute atomic E-state index is 8.60. The SMILES string of the molecule is [H-].[H-].[K+].[O-][Cl+3]([O-])([O-])O.[Ti+4]. The van der Waals surface area contributed by atoms with Crippen molar-refractivity contribution in [1.82, 2.24) is 0 Å². The zero-order chi connectivity index (χ0) is 4.50. The third-order valence-electron chi connectivity index (χ3n) is 0. The van der Waals surface area contributed by atoms with Crippen LogP contribution in [0.1, 0.15) is 2.85 Å². The molecule has 0 aliphatic heterocycles. The van der Waals surface area contributed by atoms with Gasteiger partial charge in [0.25, 0.3) is 0 Å². The molecule has 0 unspecified atom stereocenters. The van der Waals surface area contributed by atoms with Gasteiger partial charge in [0, 0.05) is 0 Å². The molecule has 0 saturated heterocycles. The van der Waals surface area contributed by atoms with Crippen molar-refractivity contribution in [2.45, 2.75) is 0 Å². The molecule has 0 bridgehead atoms. The molecule has 0 aromatic heterocycles. The van der Waals surface area contributed by atoms with Crippen LogP contribution >= 0.6 is 0 Å². The van der Waals surface area contributed by atoms with Gasteiger partial charge in [0.1, 0.15) is 0 Å². The Hall–Kier alpha value is 2.48. The van der Waals surface area contributed by atoms with Crippen LogP contribution in [0.5, 0.6) is 0 Å². The van der Waals surface area contributed by atoms with E-state index in [9.17, 15) is 0 Å². The molecule has 1 N–H and O–H groups in total. The third kappa shape index (κ3) is 57.9. The van der Waals surface area contributed by atoms with E-state index >= 15 is 0 Å². The molecule has 4 nitrogen and oxygen atoms in total. The quantitative estimate of drug-likeness (QED) is 0.384. The molecule has 0 radical (unpaired) electrons. The number of hydrogen-bond acceptors (Lipinski definition) is 4. The second kappa shape index (κ2) is 6.60. The second-order valence-corrected chi connectivity index (χ2v) is 1.19. The van der Waals surface area contributed by atoms with Crippen molar-refractivity contribution >= 4 is 0 Å². The van der Waals surface area contributed by atoms with Crippen molar-refractivity contribution < 1.29 is 105 Å². The Bertz CT molecular complexity index is 34.0. The Labute approximate surface area is 103 Å². The Morgan fingerprint density at radius 3 is 1.29 bits per heavy atom. The second-order valence-electron chi connectivity index (χ2n) is 0.396. The molecule has 0 aromatic carbocycles. The van der Waals surface area contributed by atoms with E-state index in [1.54, 1.807) is 0 Å². The van der Waals surface area contributed by atoms with Crippen LogP contribution in [-0.2, 0) is 21.7 Å². The fourth-order valence-electron chi connectivity index (χ4n) is 0. The summed E-state index contributed by atoms with van der Waals surface area (Å²) in [6.07, 6.45) is 0. The smallest absolute Gasteiger partial charge is 1.00 e. The first-order valence-corrected chi connectivity index (χ1v) is 1.90. The largest absolute Gasteiger partial charge is 4.00 e. The van der Waals surface area contributed by atoms with Gasteiger partial charge in [0.15, 0.2) is 0 Å². The van der Waals surface area contributed by atoms with E-state index < -0.39 is 10.2 Å². The van der Waals surface area contributed by atoms with Gasteiger partial charge in [-0.1, -0.05) is 0 Å². The number of rotatable bonds is 0. The number of hydrogen-bond donors (Lipinski definition) is 1. The summed E-state index contributed by atoms with van der Waals surface area (Å²) in [5.74, 6) is 0. The van der Waals surface area contributed by atoms with Gasteiger partial charge in [-0.25, -0.2) is 0 Å². The molecule has 0 heterocycles. The summed E-state index contributed by atoms with van der Waals surface area (Å²) in [5.41, 5.74) is 0. The molecule has 0 aliphatic carbocycles. The fourth-order valence-corrected chi connectivity index (χ4v) is 0. The van der Waals surface area contributed by atoms with Crippen molar-refractivity contribution in [1.29, 1.82) is 0 Å². The summed E-state index contributed by atoms with van der Waals surface area (Å²) in [4.78, 5) is 0. The van der Waals surface area contributed by atoms with Gasteiger partial charge in [0.2, 0.25) is 0 Å². The van der Waals surface area contributed by atoms with E-state index in [4.69, 9.17) is 18.6 Å². The summed E-state index contributed by atoms with van der Waals surface area (Å²) in [6.45, 7) is 0. The van der Waals surface area contributed by atoms with Gasteiger partial charge in [-0.3, -0.25) is 0 Å². The van der Waals surface area contributed by atoms with E-state index in [0.717, 1.165) is 0 Å². The van der Waals surface area contributed by atoms with Gasteiger partial charge in [0.05, 0.1) is 14.9 Å². The van der Waals surface area contributed by atoms with Crippen molar-refractivity contribution in [2.75, 3.05) is 0 Å². The van der Waals surface area contributed by atoms with E-state index in [-0.39, 0.29) is 76.0 Å². The first-order valence-electron chi connectivity index (χ1n) is 0.632. The molecule has 0 saturated carbocycles.